The molecule has 0 atom stereocenters. The predicted molar refractivity (Wildman–Crippen MR) is 65.8 cm³/mol. The summed E-state index contributed by atoms with van der Waals surface area (Å²) in [5.41, 5.74) is -0.196. The summed E-state index contributed by atoms with van der Waals surface area (Å²) in [5.74, 6) is -2.41. The highest BCUT2D eigenvalue weighted by molar-refractivity contribution is 9.10. The van der Waals surface area contributed by atoms with Crippen molar-refractivity contribution in [3.05, 3.63) is 16.1 Å². The quantitative estimate of drug-likeness (QED) is 0.658. The maximum Gasteiger partial charge on any atom is 0.377 e. The first-order valence-electron chi connectivity index (χ1n) is 4.74. The molecule has 0 spiro atoms. The van der Waals surface area contributed by atoms with Crippen LogP contribution in [0.4, 0.5) is 0 Å². The fraction of sp³-hybridized carbons (Fsp3) is 0.273. The molecule has 0 aliphatic carbocycles. The molecule has 1 aromatic rings. The first-order chi connectivity index (χ1) is 8.47. The van der Waals surface area contributed by atoms with E-state index in [0.29, 0.717) is 4.47 Å². The van der Waals surface area contributed by atoms with Gasteiger partial charge >= 0.3 is 5.97 Å². The highest BCUT2D eigenvalue weighted by Gasteiger charge is 2.29. The number of halogens is 1. The van der Waals surface area contributed by atoms with Gasteiger partial charge in [-0.1, -0.05) is 0 Å². The van der Waals surface area contributed by atoms with E-state index in [1.54, 1.807) is 0 Å². The van der Waals surface area contributed by atoms with Gasteiger partial charge in [0.25, 0.3) is 5.78 Å². The fourth-order valence-electron chi connectivity index (χ4n) is 1.46. The van der Waals surface area contributed by atoms with Crippen LogP contribution in [0.25, 0.3) is 0 Å². The highest BCUT2D eigenvalue weighted by Crippen LogP contribution is 2.42. The van der Waals surface area contributed by atoms with Gasteiger partial charge in [-0.25, -0.2) is 4.79 Å². The van der Waals surface area contributed by atoms with Crippen molar-refractivity contribution in [3.8, 4) is 17.2 Å². The van der Waals surface area contributed by atoms with Crippen LogP contribution in [0.15, 0.2) is 10.5 Å². The Balaban J connectivity index is 3.65. The first kappa shape index (κ1) is 14.3. The molecule has 0 saturated carbocycles. The number of ether oxygens (including phenoxy) is 3. The van der Waals surface area contributed by atoms with E-state index in [1.165, 1.54) is 27.4 Å². The van der Waals surface area contributed by atoms with E-state index in [9.17, 15) is 9.59 Å². The Kier molecular flexibility index (Phi) is 4.55. The third-order valence-electron chi connectivity index (χ3n) is 2.20. The van der Waals surface area contributed by atoms with E-state index in [-0.39, 0.29) is 22.8 Å². The minimum atomic E-state index is -1.60. The van der Waals surface area contributed by atoms with Crippen LogP contribution in [0.2, 0.25) is 0 Å². The van der Waals surface area contributed by atoms with Crippen molar-refractivity contribution < 1.29 is 28.9 Å². The second-order valence-electron chi connectivity index (χ2n) is 3.14. The average Bonchev–Trinajstić information content (AvgIpc) is 2.36. The molecule has 0 unspecified atom stereocenters. The average molecular weight is 319 g/mol. The number of hydrogen-bond donors (Lipinski definition) is 1. The van der Waals surface area contributed by atoms with Crippen LogP contribution < -0.4 is 14.2 Å². The van der Waals surface area contributed by atoms with Gasteiger partial charge in [0.1, 0.15) is 11.3 Å². The summed E-state index contributed by atoms with van der Waals surface area (Å²) in [7, 11) is 4.01. The van der Waals surface area contributed by atoms with Crippen molar-refractivity contribution in [1.82, 2.24) is 0 Å². The molecule has 0 saturated heterocycles. The summed E-state index contributed by atoms with van der Waals surface area (Å²) in [4.78, 5) is 22.5. The molecule has 1 N–H and O–H groups in total. The van der Waals surface area contributed by atoms with Gasteiger partial charge < -0.3 is 19.3 Å². The Bertz CT molecular complexity index is 497. The Morgan fingerprint density at radius 1 is 1.11 bits per heavy atom. The molecule has 98 valence electrons. The minimum absolute atomic E-state index is 0.0185. The van der Waals surface area contributed by atoms with Gasteiger partial charge in [-0.3, -0.25) is 4.79 Å². The van der Waals surface area contributed by atoms with E-state index < -0.39 is 11.8 Å². The van der Waals surface area contributed by atoms with Crippen molar-refractivity contribution >= 4 is 27.7 Å². The molecule has 0 amide bonds. The normalized spacial score (nSPS) is 9.78. The second kappa shape index (κ2) is 5.72. The van der Waals surface area contributed by atoms with Crippen LogP contribution in [0, 0.1) is 0 Å². The Labute approximate surface area is 112 Å². The number of carbonyl (C=O) groups excluding carboxylic acids is 1. The van der Waals surface area contributed by atoms with E-state index in [4.69, 9.17) is 19.3 Å². The number of carboxylic acids is 1. The van der Waals surface area contributed by atoms with Crippen molar-refractivity contribution in [2.45, 2.75) is 0 Å². The number of carbonyl (C=O) groups is 2. The zero-order valence-electron chi connectivity index (χ0n) is 9.94. The summed E-state index contributed by atoms with van der Waals surface area (Å²) >= 11 is 3.17. The van der Waals surface area contributed by atoms with Gasteiger partial charge in [-0.15, -0.1) is 0 Å². The Morgan fingerprint density at radius 2 is 1.67 bits per heavy atom. The molecule has 6 nitrogen and oxygen atoms in total. The zero-order chi connectivity index (χ0) is 13.9. The highest BCUT2D eigenvalue weighted by atomic mass is 79.9. The van der Waals surface area contributed by atoms with Crippen LogP contribution in [0.3, 0.4) is 0 Å². The van der Waals surface area contributed by atoms with Gasteiger partial charge in [0, 0.05) is 6.07 Å². The van der Waals surface area contributed by atoms with E-state index in [0.717, 1.165) is 0 Å². The molecule has 0 heterocycles. The smallest absolute Gasteiger partial charge is 0.377 e. The molecular formula is C11H11BrO6. The van der Waals surface area contributed by atoms with Crippen molar-refractivity contribution in [3.63, 3.8) is 0 Å². The summed E-state index contributed by atoms with van der Waals surface area (Å²) in [6.07, 6.45) is 0. The first-order valence-corrected chi connectivity index (χ1v) is 5.53. The van der Waals surface area contributed by atoms with E-state index in [2.05, 4.69) is 15.9 Å². The largest absolute Gasteiger partial charge is 0.495 e. The summed E-state index contributed by atoms with van der Waals surface area (Å²) in [6, 6.07) is 1.52. The van der Waals surface area contributed by atoms with Gasteiger partial charge in [-0.05, 0) is 15.9 Å². The lowest BCUT2D eigenvalue weighted by atomic mass is 10.1. The van der Waals surface area contributed by atoms with Gasteiger partial charge in [0.2, 0.25) is 0 Å². The summed E-state index contributed by atoms with van der Waals surface area (Å²) < 4.78 is 15.5. The van der Waals surface area contributed by atoms with Crippen LogP contribution in [0.5, 0.6) is 17.2 Å². The second-order valence-corrected chi connectivity index (χ2v) is 3.99. The van der Waals surface area contributed by atoms with Gasteiger partial charge in [0.15, 0.2) is 11.5 Å². The lowest BCUT2D eigenvalue weighted by Gasteiger charge is -2.15. The standard InChI is InChI=1S/C11H11BrO6/c1-16-6-4-5(12)9(17-2)7(10(6)18-3)8(13)11(14)15/h4H,1-3H3,(H,14,15). The molecule has 0 bridgehead atoms. The molecule has 0 aromatic heterocycles. The lowest BCUT2D eigenvalue weighted by molar-refractivity contribution is -0.131. The van der Waals surface area contributed by atoms with Crippen LogP contribution in [-0.4, -0.2) is 38.2 Å². The number of rotatable bonds is 5. The monoisotopic (exact) mass is 318 g/mol. The Morgan fingerprint density at radius 3 is 2.06 bits per heavy atom. The van der Waals surface area contributed by atoms with Crippen molar-refractivity contribution in [1.29, 1.82) is 0 Å². The number of carboxylic acid groups (broad SMARTS) is 1. The van der Waals surface area contributed by atoms with Crippen LogP contribution in [0.1, 0.15) is 10.4 Å². The molecular weight excluding hydrogens is 308 g/mol. The topological polar surface area (TPSA) is 82.1 Å². The maximum atomic E-state index is 11.7. The van der Waals surface area contributed by atoms with Crippen LogP contribution in [-0.2, 0) is 4.79 Å². The predicted octanol–water partition coefficient (Wildman–Crippen LogP) is 1.74. The molecule has 7 heteroatoms. The molecule has 0 radical (unpaired) electrons. The van der Waals surface area contributed by atoms with Crippen molar-refractivity contribution in [2.24, 2.45) is 0 Å². The third-order valence-corrected chi connectivity index (χ3v) is 2.79. The molecule has 0 aliphatic heterocycles. The number of benzene rings is 1. The fourth-order valence-corrected chi connectivity index (χ4v) is 2.03. The number of aliphatic carboxylic acids is 1. The summed E-state index contributed by atoms with van der Waals surface area (Å²) in [5, 5.41) is 8.81. The number of methoxy groups -OCH3 is 3. The zero-order valence-corrected chi connectivity index (χ0v) is 11.5. The Hall–Kier alpha value is -1.76. The molecule has 0 fully saturated rings. The number of ketones is 1. The van der Waals surface area contributed by atoms with E-state index in [1.807, 2.05) is 0 Å². The third kappa shape index (κ3) is 2.40. The van der Waals surface area contributed by atoms with E-state index >= 15 is 0 Å². The summed E-state index contributed by atoms with van der Waals surface area (Å²) in [6.45, 7) is 0. The van der Waals surface area contributed by atoms with Gasteiger partial charge in [0.05, 0.1) is 25.8 Å². The molecule has 1 aromatic carbocycles. The van der Waals surface area contributed by atoms with Gasteiger partial charge in [-0.2, -0.15) is 0 Å². The number of hydrogen-bond acceptors (Lipinski definition) is 5. The van der Waals surface area contributed by atoms with Crippen LogP contribution >= 0.6 is 15.9 Å². The molecule has 0 aliphatic rings. The van der Waals surface area contributed by atoms with Crippen molar-refractivity contribution in [2.75, 3.05) is 21.3 Å². The SMILES string of the molecule is COc1cc(Br)c(OC)c(C(=O)C(=O)O)c1OC. The lowest BCUT2D eigenvalue weighted by Crippen LogP contribution is -2.16. The maximum absolute atomic E-state index is 11.7. The minimum Gasteiger partial charge on any atom is -0.495 e. The molecule has 18 heavy (non-hydrogen) atoms. The number of Topliss-reactive ketones (excluding diaryl/α,β-unsaturated/α-hetero) is 1. The molecule has 1 rings (SSSR count).